The summed E-state index contributed by atoms with van der Waals surface area (Å²) in [7, 11) is 0. The molecule has 1 aliphatic heterocycles. The molecule has 2 heteroatoms. The molecular weight excluding hydrogens is 270 g/mol. The molecule has 1 saturated heterocycles. The highest BCUT2D eigenvalue weighted by Crippen LogP contribution is 2.30. The molecule has 2 aliphatic rings. The molecule has 0 N–H and O–H groups in total. The first kappa shape index (κ1) is 15.4. The van der Waals surface area contributed by atoms with Crippen molar-refractivity contribution in [2.24, 2.45) is 0 Å². The SMILES string of the molecule is C=C(C1=CCCCC1)N1CCC[C@H]1COCc1ccccc1. The molecule has 1 aromatic carbocycles. The summed E-state index contributed by atoms with van der Waals surface area (Å²) in [5.74, 6) is 0. The maximum Gasteiger partial charge on any atom is 0.0717 e. The predicted molar refractivity (Wildman–Crippen MR) is 91.5 cm³/mol. The van der Waals surface area contributed by atoms with Gasteiger partial charge < -0.3 is 9.64 Å². The van der Waals surface area contributed by atoms with Crippen LogP contribution in [0, 0.1) is 0 Å². The zero-order chi connectivity index (χ0) is 15.2. The van der Waals surface area contributed by atoms with Crippen molar-refractivity contribution in [1.82, 2.24) is 4.90 Å². The Morgan fingerprint density at radius 1 is 1.18 bits per heavy atom. The minimum Gasteiger partial charge on any atom is -0.375 e. The van der Waals surface area contributed by atoms with Gasteiger partial charge in [-0.2, -0.15) is 0 Å². The number of ether oxygens (including phenoxy) is 1. The van der Waals surface area contributed by atoms with Gasteiger partial charge in [0.05, 0.1) is 19.3 Å². The third-order valence-electron chi connectivity index (χ3n) is 4.81. The predicted octanol–water partition coefficient (Wildman–Crippen LogP) is 4.68. The summed E-state index contributed by atoms with van der Waals surface area (Å²) in [6.45, 7) is 7.03. The van der Waals surface area contributed by atoms with Crippen LogP contribution in [-0.2, 0) is 11.3 Å². The van der Waals surface area contributed by atoms with Crippen molar-refractivity contribution in [1.29, 1.82) is 0 Å². The summed E-state index contributed by atoms with van der Waals surface area (Å²) in [6.07, 6.45) is 9.94. The molecule has 1 fully saturated rings. The molecule has 0 bridgehead atoms. The van der Waals surface area contributed by atoms with E-state index in [4.69, 9.17) is 4.74 Å². The van der Waals surface area contributed by atoms with Gasteiger partial charge in [0.1, 0.15) is 0 Å². The molecule has 0 saturated carbocycles. The monoisotopic (exact) mass is 297 g/mol. The maximum atomic E-state index is 5.97. The first-order chi connectivity index (χ1) is 10.8. The van der Waals surface area contributed by atoms with E-state index in [1.54, 1.807) is 0 Å². The lowest BCUT2D eigenvalue weighted by Crippen LogP contribution is -2.33. The lowest BCUT2D eigenvalue weighted by molar-refractivity contribution is 0.0774. The fourth-order valence-corrected chi connectivity index (χ4v) is 3.54. The van der Waals surface area contributed by atoms with Gasteiger partial charge in [0.25, 0.3) is 0 Å². The van der Waals surface area contributed by atoms with Gasteiger partial charge in [0.2, 0.25) is 0 Å². The molecule has 118 valence electrons. The Kier molecular flexibility index (Phi) is 5.33. The first-order valence-corrected chi connectivity index (χ1v) is 8.61. The quantitative estimate of drug-likeness (QED) is 0.756. The van der Waals surface area contributed by atoms with E-state index in [9.17, 15) is 0 Å². The van der Waals surface area contributed by atoms with E-state index in [-0.39, 0.29) is 0 Å². The number of rotatable bonds is 6. The number of hydrogen-bond donors (Lipinski definition) is 0. The van der Waals surface area contributed by atoms with E-state index < -0.39 is 0 Å². The number of likely N-dealkylation sites (tertiary alicyclic amines) is 1. The van der Waals surface area contributed by atoms with Crippen LogP contribution in [0.15, 0.2) is 54.3 Å². The maximum absolute atomic E-state index is 5.97. The van der Waals surface area contributed by atoms with Gasteiger partial charge in [-0.05, 0) is 49.7 Å². The number of allylic oxidation sites excluding steroid dienone is 2. The van der Waals surface area contributed by atoms with E-state index in [1.165, 1.54) is 55.4 Å². The van der Waals surface area contributed by atoms with Crippen molar-refractivity contribution < 1.29 is 4.74 Å². The summed E-state index contributed by atoms with van der Waals surface area (Å²) in [4.78, 5) is 2.49. The van der Waals surface area contributed by atoms with Crippen LogP contribution < -0.4 is 0 Å². The fourth-order valence-electron chi connectivity index (χ4n) is 3.54. The Bertz CT molecular complexity index is 520. The summed E-state index contributed by atoms with van der Waals surface area (Å²) in [6, 6.07) is 10.9. The molecule has 1 aromatic rings. The van der Waals surface area contributed by atoms with E-state index >= 15 is 0 Å². The van der Waals surface area contributed by atoms with Crippen LogP contribution in [0.1, 0.15) is 44.1 Å². The van der Waals surface area contributed by atoms with Crippen LogP contribution in [0.2, 0.25) is 0 Å². The minimum absolute atomic E-state index is 0.499. The highest BCUT2D eigenvalue weighted by atomic mass is 16.5. The lowest BCUT2D eigenvalue weighted by atomic mass is 9.97. The van der Waals surface area contributed by atoms with Crippen molar-refractivity contribution in [3.8, 4) is 0 Å². The van der Waals surface area contributed by atoms with Gasteiger partial charge in [-0.1, -0.05) is 43.0 Å². The topological polar surface area (TPSA) is 12.5 Å². The molecule has 1 heterocycles. The molecule has 0 unspecified atom stereocenters. The van der Waals surface area contributed by atoms with Gasteiger partial charge in [-0.3, -0.25) is 0 Å². The van der Waals surface area contributed by atoms with E-state index in [1.807, 2.05) is 6.07 Å². The van der Waals surface area contributed by atoms with Gasteiger partial charge >= 0.3 is 0 Å². The first-order valence-electron chi connectivity index (χ1n) is 8.61. The zero-order valence-corrected chi connectivity index (χ0v) is 13.5. The van der Waals surface area contributed by atoms with E-state index in [0.717, 1.165) is 13.2 Å². The van der Waals surface area contributed by atoms with Crippen LogP contribution in [0.5, 0.6) is 0 Å². The second kappa shape index (κ2) is 7.64. The van der Waals surface area contributed by atoms with Gasteiger partial charge in [-0.15, -0.1) is 0 Å². The summed E-state index contributed by atoms with van der Waals surface area (Å²) >= 11 is 0. The van der Waals surface area contributed by atoms with Crippen LogP contribution in [0.4, 0.5) is 0 Å². The van der Waals surface area contributed by atoms with E-state index in [0.29, 0.717) is 12.6 Å². The Hall–Kier alpha value is -1.54. The van der Waals surface area contributed by atoms with Crippen LogP contribution in [-0.4, -0.2) is 24.1 Å². The Morgan fingerprint density at radius 2 is 2.05 bits per heavy atom. The van der Waals surface area contributed by atoms with Gasteiger partial charge in [-0.25, -0.2) is 0 Å². The minimum atomic E-state index is 0.499. The Morgan fingerprint density at radius 3 is 2.82 bits per heavy atom. The standard InChI is InChI=1S/C20H27NO/c1-17(19-11-6-3-7-12-19)21-14-8-13-20(21)16-22-15-18-9-4-2-5-10-18/h2,4-5,9-11,20H,1,3,6-8,12-16H2/t20-/m0/s1. The summed E-state index contributed by atoms with van der Waals surface area (Å²) in [5, 5.41) is 0. The van der Waals surface area contributed by atoms with Crippen molar-refractivity contribution in [2.45, 2.75) is 51.2 Å². The second-order valence-electron chi connectivity index (χ2n) is 6.41. The lowest BCUT2D eigenvalue weighted by Gasteiger charge is -2.31. The second-order valence-corrected chi connectivity index (χ2v) is 6.41. The average molecular weight is 297 g/mol. The Labute approximate surface area is 134 Å². The third kappa shape index (κ3) is 3.80. The molecule has 0 radical (unpaired) electrons. The fraction of sp³-hybridized carbons (Fsp3) is 0.500. The average Bonchev–Trinajstić information content (AvgIpc) is 3.04. The molecule has 3 rings (SSSR count). The highest BCUT2D eigenvalue weighted by Gasteiger charge is 2.27. The number of nitrogens with zero attached hydrogens (tertiary/aromatic N) is 1. The largest absolute Gasteiger partial charge is 0.375 e. The van der Waals surface area contributed by atoms with Gasteiger partial charge in [0, 0.05) is 12.2 Å². The summed E-state index contributed by atoms with van der Waals surface area (Å²) in [5.41, 5.74) is 3.98. The molecule has 2 nitrogen and oxygen atoms in total. The van der Waals surface area contributed by atoms with Gasteiger partial charge in [0.15, 0.2) is 0 Å². The molecular formula is C20H27NO. The van der Waals surface area contributed by atoms with Crippen LogP contribution in [0.3, 0.4) is 0 Å². The van der Waals surface area contributed by atoms with Crippen molar-refractivity contribution in [3.05, 3.63) is 59.8 Å². The highest BCUT2D eigenvalue weighted by molar-refractivity contribution is 5.29. The number of hydrogen-bond acceptors (Lipinski definition) is 2. The molecule has 1 aliphatic carbocycles. The molecule has 0 aromatic heterocycles. The number of benzene rings is 1. The molecule has 0 amide bonds. The van der Waals surface area contributed by atoms with E-state index in [2.05, 4.69) is 41.8 Å². The zero-order valence-electron chi connectivity index (χ0n) is 13.5. The summed E-state index contributed by atoms with van der Waals surface area (Å²) < 4.78 is 5.97. The Balaban J connectivity index is 1.52. The third-order valence-corrected chi connectivity index (χ3v) is 4.81. The van der Waals surface area contributed by atoms with Crippen molar-refractivity contribution in [2.75, 3.05) is 13.2 Å². The van der Waals surface area contributed by atoms with Crippen LogP contribution in [0.25, 0.3) is 0 Å². The molecule has 1 atom stereocenters. The smallest absolute Gasteiger partial charge is 0.0717 e. The van der Waals surface area contributed by atoms with Crippen molar-refractivity contribution in [3.63, 3.8) is 0 Å². The molecule has 0 spiro atoms. The van der Waals surface area contributed by atoms with Crippen molar-refractivity contribution >= 4 is 0 Å². The normalized spacial score (nSPS) is 21.7. The molecule has 22 heavy (non-hydrogen) atoms. The van der Waals surface area contributed by atoms with Crippen LogP contribution >= 0.6 is 0 Å².